The van der Waals surface area contributed by atoms with Crippen LogP contribution in [-0.4, -0.2) is 102 Å². The van der Waals surface area contributed by atoms with Gasteiger partial charge in [-0.15, -0.1) is 0 Å². The Balaban J connectivity index is 1.75. The number of likely N-dealkylation sites (N-methyl/N-ethyl adjacent to an activating group) is 1. The maximum Gasteiger partial charge on any atom is 0.320 e. The van der Waals surface area contributed by atoms with Gasteiger partial charge < -0.3 is 30.9 Å². The van der Waals surface area contributed by atoms with Gasteiger partial charge in [-0.25, -0.2) is 0 Å². The molecule has 0 radical (unpaired) electrons. The first-order valence-corrected chi connectivity index (χ1v) is 14.1. The molecule has 3 aliphatic carbocycles. The Morgan fingerprint density at radius 1 is 1.12 bits per heavy atom. The number of Topliss-reactive ketones (excluding diaryl/α,β-unsaturated/α-hetero) is 4. The number of aromatic hydroxyl groups is 1. The van der Waals surface area contributed by atoms with Crippen LogP contribution in [-0.2, 0) is 41.7 Å². The molecule has 2 unspecified atom stereocenters. The second-order valence-corrected chi connectivity index (χ2v) is 13.1. The lowest BCUT2D eigenvalue weighted by Gasteiger charge is -2.52. The maximum atomic E-state index is 14.1. The highest BCUT2D eigenvalue weighted by Crippen LogP contribution is 2.52. The van der Waals surface area contributed by atoms with Crippen molar-refractivity contribution in [3.63, 3.8) is 0 Å². The van der Waals surface area contributed by atoms with E-state index in [9.17, 15) is 39.0 Å². The number of carbonyl (C=O) groups excluding carboxylic acids is 6. The monoisotopic (exact) mass is 600 g/mol. The van der Waals surface area contributed by atoms with Crippen molar-refractivity contribution in [1.82, 2.24) is 10.2 Å². The summed E-state index contributed by atoms with van der Waals surface area (Å²) >= 11 is 0. The molecular weight excluding hydrogens is 560 g/mol. The summed E-state index contributed by atoms with van der Waals surface area (Å²) < 4.78 is 5.29. The van der Waals surface area contributed by atoms with E-state index in [0.29, 0.717) is 16.8 Å². The number of hydrogen-bond acceptors (Lipinski definition) is 12. The summed E-state index contributed by atoms with van der Waals surface area (Å²) in [4.78, 5) is 82.3. The molecule has 234 valence electrons. The van der Waals surface area contributed by atoms with Gasteiger partial charge in [0.2, 0.25) is 5.91 Å². The summed E-state index contributed by atoms with van der Waals surface area (Å²) in [7, 11) is 6.59. The van der Waals surface area contributed by atoms with E-state index in [0.717, 1.165) is 0 Å². The molecule has 0 heterocycles. The number of fused-ring (bicyclic) bond motifs is 3. The lowest BCUT2D eigenvalue weighted by molar-refractivity contribution is -0.181. The summed E-state index contributed by atoms with van der Waals surface area (Å²) in [6.45, 7) is 5.04. The van der Waals surface area contributed by atoms with Crippen molar-refractivity contribution in [1.29, 1.82) is 0 Å². The number of esters is 1. The first-order valence-electron chi connectivity index (χ1n) is 14.1. The topological polar surface area (TPSA) is 197 Å². The number of phenols is 1. The van der Waals surface area contributed by atoms with E-state index in [2.05, 4.69) is 5.32 Å². The van der Waals surface area contributed by atoms with Gasteiger partial charge in [-0.3, -0.25) is 33.7 Å². The SMILES string of the molecule is CN(C)c1cc(CNCC(=O)OC(C)(C)C)c(O)c2c1C[C@H]1C[C@H]3[C@H](N(C)C)C(=O)C(C(N)=O)C(=O)[C@@]3(O)C(=O)C1C2=O. The number of amides is 1. The standard InChI is InChI=1S/C30H40N4O9/c1-29(2,3)43-18(35)12-32-11-14-10-17(33(4)5)15-8-13-9-16-22(34(6)7)25(38)21(28(31)41)27(40)30(16,42)26(39)19(13)24(37)20(15)23(14)36/h10,13,16,19,21-22,32,36,42H,8-9,11-12H2,1-7H3,(H2,31,41)/t13-,16-,19?,21?,22-,30-/m0/s1. The van der Waals surface area contributed by atoms with E-state index in [1.54, 1.807) is 45.8 Å². The molecule has 1 aromatic carbocycles. The van der Waals surface area contributed by atoms with Crippen LogP contribution in [0.5, 0.6) is 5.75 Å². The van der Waals surface area contributed by atoms with Crippen LogP contribution in [0.1, 0.15) is 48.7 Å². The predicted molar refractivity (Wildman–Crippen MR) is 153 cm³/mol. The summed E-state index contributed by atoms with van der Waals surface area (Å²) in [6, 6.07) is 0.528. The molecule has 0 spiro atoms. The van der Waals surface area contributed by atoms with Gasteiger partial charge in [0.15, 0.2) is 34.7 Å². The number of benzene rings is 1. The molecule has 43 heavy (non-hydrogen) atoms. The van der Waals surface area contributed by atoms with Crippen LogP contribution >= 0.6 is 0 Å². The van der Waals surface area contributed by atoms with E-state index in [-0.39, 0.29) is 37.2 Å². The number of phenolic OH excluding ortho intramolecular Hbond substituents is 1. The Morgan fingerprint density at radius 3 is 2.28 bits per heavy atom. The summed E-state index contributed by atoms with van der Waals surface area (Å²) in [5.41, 5.74) is 3.19. The van der Waals surface area contributed by atoms with Gasteiger partial charge in [0.05, 0.1) is 24.1 Å². The Labute approximate surface area is 249 Å². The first kappa shape index (κ1) is 32.2. The van der Waals surface area contributed by atoms with E-state index in [1.165, 1.54) is 19.0 Å². The fraction of sp³-hybridized carbons (Fsp3) is 0.600. The van der Waals surface area contributed by atoms with Gasteiger partial charge in [0, 0.05) is 37.8 Å². The highest BCUT2D eigenvalue weighted by molar-refractivity contribution is 6.32. The second kappa shape index (κ2) is 11.1. The molecule has 0 aliphatic heterocycles. The molecule has 1 aromatic rings. The summed E-state index contributed by atoms with van der Waals surface area (Å²) in [6.07, 6.45) is 0.120. The number of carbonyl (C=O) groups is 6. The molecule has 0 aromatic heterocycles. The third-order valence-corrected chi connectivity index (χ3v) is 8.60. The lowest BCUT2D eigenvalue weighted by atomic mass is 9.52. The number of ketones is 4. The molecule has 2 fully saturated rings. The van der Waals surface area contributed by atoms with Gasteiger partial charge in [-0.1, -0.05) is 0 Å². The Hall–Kier alpha value is -3.68. The molecule has 13 nitrogen and oxygen atoms in total. The number of primary amides is 1. The average molecular weight is 601 g/mol. The van der Waals surface area contributed by atoms with Gasteiger partial charge in [0.1, 0.15) is 11.4 Å². The molecule has 5 N–H and O–H groups in total. The lowest BCUT2D eigenvalue weighted by Crippen LogP contribution is -2.74. The van der Waals surface area contributed by atoms with E-state index in [1.807, 2.05) is 0 Å². The normalized spacial score (nSPS) is 28.7. The van der Waals surface area contributed by atoms with E-state index in [4.69, 9.17) is 10.5 Å². The quantitative estimate of drug-likeness (QED) is 0.229. The maximum absolute atomic E-state index is 14.1. The summed E-state index contributed by atoms with van der Waals surface area (Å²) in [5.74, 6) is -11.5. The number of ether oxygens (including phenoxy) is 1. The average Bonchev–Trinajstić information content (AvgIpc) is 2.85. The largest absolute Gasteiger partial charge is 0.507 e. The Morgan fingerprint density at radius 2 is 1.74 bits per heavy atom. The van der Waals surface area contributed by atoms with Crippen molar-refractivity contribution < 1.29 is 43.7 Å². The van der Waals surface area contributed by atoms with E-state index < -0.39 is 75.9 Å². The third-order valence-electron chi connectivity index (χ3n) is 8.60. The molecule has 13 heteroatoms. The number of hydrogen-bond donors (Lipinski definition) is 4. The van der Waals surface area contributed by atoms with Crippen LogP contribution in [0.15, 0.2) is 6.07 Å². The van der Waals surface area contributed by atoms with Gasteiger partial charge in [-0.2, -0.15) is 0 Å². The number of nitrogens with zero attached hydrogens (tertiary/aromatic N) is 2. The van der Waals surface area contributed by atoms with Crippen molar-refractivity contribution in [2.75, 3.05) is 39.6 Å². The van der Waals surface area contributed by atoms with Crippen molar-refractivity contribution in [2.45, 2.75) is 57.4 Å². The molecule has 6 atom stereocenters. The number of nitrogens with one attached hydrogen (secondary N) is 1. The van der Waals surface area contributed by atoms with Crippen LogP contribution in [0.25, 0.3) is 0 Å². The number of aliphatic hydroxyl groups is 1. The zero-order valence-corrected chi connectivity index (χ0v) is 25.5. The number of nitrogens with two attached hydrogens (primary N) is 1. The fourth-order valence-corrected chi connectivity index (χ4v) is 6.92. The van der Waals surface area contributed by atoms with Gasteiger partial charge in [0.25, 0.3) is 0 Å². The molecule has 0 bridgehead atoms. The summed E-state index contributed by atoms with van der Waals surface area (Å²) in [5, 5.41) is 26.0. The Kier molecular flexibility index (Phi) is 8.33. The van der Waals surface area contributed by atoms with Crippen molar-refractivity contribution in [3.8, 4) is 5.75 Å². The molecule has 2 saturated carbocycles. The number of rotatable bonds is 7. The van der Waals surface area contributed by atoms with Crippen LogP contribution in [0.4, 0.5) is 5.69 Å². The molecule has 3 aliphatic rings. The minimum absolute atomic E-state index is 0.00800. The van der Waals surface area contributed by atoms with Crippen LogP contribution in [0.2, 0.25) is 0 Å². The van der Waals surface area contributed by atoms with Crippen molar-refractivity contribution in [3.05, 3.63) is 22.8 Å². The van der Waals surface area contributed by atoms with Crippen molar-refractivity contribution >= 4 is 40.7 Å². The van der Waals surface area contributed by atoms with Gasteiger partial charge >= 0.3 is 5.97 Å². The van der Waals surface area contributed by atoms with Crippen LogP contribution < -0.4 is 16.0 Å². The van der Waals surface area contributed by atoms with Crippen molar-refractivity contribution in [2.24, 2.45) is 29.4 Å². The van der Waals surface area contributed by atoms with Gasteiger partial charge in [-0.05, 0) is 65.3 Å². The fourth-order valence-electron chi connectivity index (χ4n) is 6.92. The molecular formula is C30H40N4O9. The zero-order valence-electron chi connectivity index (χ0n) is 25.5. The minimum atomic E-state index is -2.79. The van der Waals surface area contributed by atoms with Crippen LogP contribution in [0, 0.1) is 23.7 Å². The third kappa shape index (κ3) is 5.34. The predicted octanol–water partition coefficient (Wildman–Crippen LogP) is -0.636. The second-order valence-electron chi connectivity index (χ2n) is 13.1. The highest BCUT2D eigenvalue weighted by atomic mass is 16.6. The van der Waals surface area contributed by atoms with Crippen LogP contribution in [0.3, 0.4) is 0 Å². The van der Waals surface area contributed by atoms with E-state index >= 15 is 0 Å². The number of anilines is 1. The smallest absolute Gasteiger partial charge is 0.320 e. The minimum Gasteiger partial charge on any atom is -0.507 e. The molecule has 0 saturated heterocycles. The zero-order chi connectivity index (χ0) is 32.3. The first-order chi connectivity index (χ1) is 19.8. The molecule has 1 amide bonds. The highest BCUT2D eigenvalue weighted by Gasteiger charge is 2.69. The molecule has 4 rings (SSSR count). The Bertz CT molecular complexity index is 1410.